The number of H-pyrrole nitrogens is 1. The fourth-order valence-electron chi connectivity index (χ4n) is 3.65. The Morgan fingerprint density at radius 1 is 1.19 bits per heavy atom. The van der Waals surface area contributed by atoms with Crippen molar-refractivity contribution in [2.45, 2.75) is 33.2 Å². The van der Waals surface area contributed by atoms with Crippen molar-refractivity contribution in [3.05, 3.63) is 58.9 Å². The van der Waals surface area contributed by atoms with Crippen molar-refractivity contribution in [1.29, 1.82) is 0 Å². The number of fused-ring (bicyclic) bond motifs is 1. The monoisotopic (exact) mass is 348 g/mol. The lowest BCUT2D eigenvalue weighted by atomic mass is 10.1. The third-order valence-electron chi connectivity index (χ3n) is 5.03. The first-order chi connectivity index (χ1) is 12.6. The van der Waals surface area contributed by atoms with E-state index in [1.165, 1.54) is 24.0 Å². The molecule has 3 heterocycles. The summed E-state index contributed by atoms with van der Waals surface area (Å²) in [5.74, 6) is 0.931. The molecular weight excluding hydrogens is 324 g/mol. The van der Waals surface area contributed by atoms with E-state index < -0.39 is 0 Å². The number of benzene rings is 1. The van der Waals surface area contributed by atoms with Gasteiger partial charge in [-0.15, -0.1) is 0 Å². The van der Waals surface area contributed by atoms with Crippen LogP contribution in [0.4, 0.5) is 5.82 Å². The van der Waals surface area contributed by atoms with Gasteiger partial charge in [0.25, 0.3) is 5.91 Å². The lowest BCUT2D eigenvalue weighted by Gasteiger charge is -2.16. The molecule has 1 aliphatic heterocycles. The van der Waals surface area contributed by atoms with Crippen molar-refractivity contribution in [3.8, 4) is 0 Å². The maximum absolute atomic E-state index is 12.5. The number of hydrogen-bond donors (Lipinski definition) is 2. The first-order valence-corrected chi connectivity index (χ1v) is 9.18. The van der Waals surface area contributed by atoms with Crippen LogP contribution in [0, 0.1) is 13.8 Å². The molecule has 1 aliphatic rings. The molecule has 1 amide bonds. The Hall–Kier alpha value is -2.82. The van der Waals surface area contributed by atoms with Gasteiger partial charge in [-0.05, 0) is 61.6 Å². The molecule has 0 aliphatic carbocycles. The van der Waals surface area contributed by atoms with Crippen molar-refractivity contribution >= 4 is 22.6 Å². The lowest BCUT2D eigenvalue weighted by Crippen LogP contribution is -2.23. The number of nitrogens with one attached hydrogen (secondary N) is 2. The summed E-state index contributed by atoms with van der Waals surface area (Å²) in [6.45, 7) is 6.77. The fraction of sp³-hybridized carbons (Fsp3) is 0.333. The Balaban J connectivity index is 1.43. The molecule has 1 fully saturated rings. The average Bonchev–Trinajstić information content (AvgIpc) is 3.30. The molecule has 0 spiro atoms. The molecule has 0 atom stereocenters. The number of aromatic amines is 1. The van der Waals surface area contributed by atoms with Gasteiger partial charge in [-0.2, -0.15) is 0 Å². The number of pyridine rings is 1. The number of anilines is 1. The van der Waals surface area contributed by atoms with Gasteiger partial charge in [0, 0.05) is 36.7 Å². The Morgan fingerprint density at radius 2 is 2.00 bits per heavy atom. The molecule has 0 unspecified atom stereocenters. The van der Waals surface area contributed by atoms with Crippen LogP contribution in [0.5, 0.6) is 0 Å². The molecule has 26 heavy (non-hydrogen) atoms. The Bertz CT molecular complexity index is 937. The minimum absolute atomic E-state index is 0.0955. The number of carbonyl (C=O) groups excluding carboxylic acids is 1. The predicted molar refractivity (Wildman–Crippen MR) is 105 cm³/mol. The van der Waals surface area contributed by atoms with Gasteiger partial charge in [-0.1, -0.05) is 12.1 Å². The quantitative estimate of drug-likeness (QED) is 0.755. The van der Waals surface area contributed by atoms with E-state index in [9.17, 15) is 4.79 Å². The van der Waals surface area contributed by atoms with Crippen LogP contribution >= 0.6 is 0 Å². The van der Waals surface area contributed by atoms with Crippen LogP contribution in [0.3, 0.4) is 0 Å². The number of rotatable bonds is 4. The highest BCUT2D eigenvalue weighted by Crippen LogP contribution is 2.21. The maximum Gasteiger partial charge on any atom is 0.267 e. The van der Waals surface area contributed by atoms with Crippen molar-refractivity contribution in [2.75, 3.05) is 18.0 Å². The van der Waals surface area contributed by atoms with Crippen molar-refractivity contribution < 1.29 is 4.79 Å². The van der Waals surface area contributed by atoms with Gasteiger partial charge in [0.15, 0.2) is 0 Å². The zero-order valence-corrected chi connectivity index (χ0v) is 15.3. The Kier molecular flexibility index (Phi) is 4.37. The van der Waals surface area contributed by atoms with Crippen molar-refractivity contribution in [1.82, 2.24) is 15.3 Å². The lowest BCUT2D eigenvalue weighted by molar-refractivity contribution is 0.0946. The van der Waals surface area contributed by atoms with Crippen LogP contribution in [0.25, 0.3) is 10.9 Å². The fourth-order valence-corrected chi connectivity index (χ4v) is 3.65. The first-order valence-electron chi connectivity index (χ1n) is 9.18. The van der Waals surface area contributed by atoms with E-state index in [0.29, 0.717) is 12.2 Å². The summed E-state index contributed by atoms with van der Waals surface area (Å²) in [4.78, 5) is 22.6. The Labute approximate surface area is 153 Å². The zero-order chi connectivity index (χ0) is 18.1. The van der Waals surface area contributed by atoms with Crippen LogP contribution in [0.2, 0.25) is 0 Å². The van der Waals surface area contributed by atoms with Gasteiger partial charge in [0.1, 0.15) is 11.5 Å². The second kappa shape index (κ2) is 6.83. The SMILES string of the molecule is Cc1cc(C)c2cc(C(=O)NCc3ccc(N4CCCC4)nc3)[nH]c2c1. The smallest absolute Gasteiger partial charge is 0.267 e. The normalized spacial score (nSPS) is 14.2. The van der Waals surface area contributed by atoms with Crippen LogP contribution < -0.4 is 10.2 Å². The second-order valence-electron chi connectivity index (χ2n) is 7.13. The van der Waals surface area contributed by atoms with E-state index in [2.05, 4.69) is 46.2 Å². The number of carbonyl (C=O) groups is 1. The van der Waals surface area contributed by atoms with Gasteiger partial charge < -0.3 is 15.2 Å². The topological polar surface area (TPSA) is 61.0 Å². The largest absolute Gasteiger partial charge is 0.357 e. The van der Waals surface area contributed by atoms with Gasteiger partial charge in [0.05, 0.1) is 0 Å². The summed E-state index contributed by atoms with van der Waals surface area (Å²) in [5.41, 5.74) is 4.97. The molecule has 2 aromatic heterocycles. The molecule has 5 heteroatoms. The van der Waals surface area contributed by atoms with E-state index in [4.69, 9.17) is 0 Å². The molecule has 5 nitrogen and oxygen atoms in total. The molecule has 134 valence electrons. The summed E-state index contributed by atoms with van der Waals surface area (Å²) < 4.78 is 0. The summed E-state index contributed by atoms with van der Waals surface area (Å²) in [6.07, 6.45) is 4.33. The van der Waals surface area contributed by atoms with Crippen molar-refractivity contribution in [2.24, 2.45) is 0 Å². The van der Waals surface area contributed by atoms with Gasteiger partial charge in [-0.25, -0.2) is 4.98 Å². The molecule has 4 rings (SSSR count). The van der Waals surface area contributed by atoms with Crippen LogP contribution in [-0.4, -0.2) is 29.0 Å². The van der Waals surface area contributed by atoms with E-state index in [-0.39, 0.29) is 5.91 Å². The number of nitrogens with zero attached hydrogens (tertiary/aromatic N) is 2. The number of amides is 1. The van der Waals surface area contributed by atoms with E-state index in [1.54, 1.807) is 0 Å². The van der Waals surface area contributed by atoms with Crippen LogP contribution in [0.15, 0.2) is 36.5 Å². The molecule has 0 radical (unpaired) electrons. The molecule has 1 aromatic carbocycles. The zero-order valence-electron chi connectivity index (χ0n) is 15.3. The third kappa shape index (κ3) is 3.29. The summed E-state index contributed by atoms with van der Waals surface area (Å²) in [5, 5.41) is 4.07. The van der Waals surface area contributed by atoms with E-state index in [1.807, 2.05) is 24.4 Å². The molecule has 3 aromatic rings. The van der Waals surface area contributed by atoms with Crippen molar-refractivity contribution in [3.63, 3.8) is 0 Å². The summed E-state index contributed by atoms with van der Waals surface area (Å²) >= 11 is 0. The second-order valence-corrected chi connectivity index (χ2v) is 7.13. The molecular formula is C21H24N4O. The Morgan fingerprint density at radius 3 is 2.73 bits per heavy atom. The van der Waals surface area contributed by atoms with Gasteiger partial charge in [-0.3, -0.25) is 4.79 Å². The summed E-state index contributed by atoms with van der Waals surface area (Å²) in [6, 6.07) is 10.2. The molecule has 2 N–H and O–H groups in total. The number of hydrogen-bond acceptors (Lipinski definition) is 3. The minimum atomic E-state index is -0.0955. The minimum Gasteiger partial charge on any atom is -0.357 e. The highest BCUT2D eigenvalue weighted by Gasteiger charge is 2.14. The molecule has 0 saturated carbocycles. The number of aryl methyl sites for hydroxylation is 2. The molecule has 1 saturated heterocycles. The predicted octanol–water partition coefficient (Wildman–Crippen LogP) is 3.71. The first kappa shape index (κ1) is 16.6. The standard InChI is InChI=1S/C21H24N4O/c1-14-9-15(2)17-11-19(24-18(17)10-14)21(26)23-13-16-5-6-20(22-12-16)25-7-3-4-8-25/h5-6,9-12,24H,3-4,7-8,13H2,1-2H3,(H,23,26). The highest BCUT2D eigenvalue weighted by molar-refractivity contribution is 5.98. The van der Waals surface area contributed by atoms with E-state index >= 15 is 0 Å². The molecule has 0 bridgehead atoms. The van der Waals surface area contributed by atoms with Crippen LogP contribution in [-0.2, 0) is 6.54 Å². The third-order valence-corrected chi connectivity index (χ3v) is 5.03. The maximum atomic E-state index is 12.5. The van der Waals surface area contributed by atoms with Crippen LogP contribution in [0.1, 0.15) is 40.0 Å². The number of aromatic nitrogens is 2. The van der Waals surface area contributed by atoms with Gasteiger partial charge >= 0.3 is 0 Å². The van der Waals surface area contributed by atoms with E-state index in [0.717, 1.165) is 35.4 Å². The average molecular weight is 348 g/mol. The highest BCUT2D eigenvalue weighted by atomic mass is 16.1. The van der Waals surface area contributed by atoms with Gasteiger partial charge in [0.2, 0.25) is 0 Å². The summed E-state index contributed by atoms with van der Waals surface area (Å²) in [7, 11) is 0.